The van der Waals surface area contributed by atoms with Gasteiger partial charge in [-0.3, -0.25) is 0 Å². The summed E-state index contributed by atoms with van der Waals surface area (Å²) in [4.78, 5) is 0.197. The minimum Gasteiger partial charge on any atom is -0.491 e. The van der Waals surface area contributed by atoms with Crippen LogP contribution in [-0.2, 0) is 10.7 Å². The average Bonchev–Trinajstić information content (AvgIpc) is 2.15. The topological polar surface area (TPSA) is 43.4 Å². The van der Waals surface area contributed by atoms with Gasteiger partial charge < -0.3 is 4.74 Å². The summed E-state index contributed by atoms with van der Waals surface area (Å²) in [6.45, 7) is 0.307. The molecule has 0 bridgehead atoms. The Bertz CT molecular complexity index is 341. The fraction of sp³-hybridized carbons (Fsp3) is 0.250. The summed E-state index contributed by atoms with van der Waals surface area (Å²) in [5.74, 6) is 0.698. The third-order valence-corrected chi connectivity index (χ3v) is 2.31. The van der Waals surface area contributed by atoms with Gasteiger partial charge in [-0.25, -0.2) is 8.42 Å². The zero-order valence-corrected chi connectivity index (χ0v) is 8.42. The number of halogens is 1. The van der Waals surface area contributed by atoms with Gasteiger partial charge in [0.1, 0.15) is 17.3 Å². The maximum absolute atomic E-state index is 10.7. The molecule has 5 heteroatoms. The second kappa shape index (κ2) is 5.09. The van der Waals surface area contributed by atoms with Crippen LogP contribution < -0.4 is 4.74 Å². The minimum absolute atomic E-state index is 0.197. The molecule has 0 unspecified atom stereocenters. The molecule has 0 aliphatic rings. The molecule has 72 valence electrons. The molecule has 0 spiro atoms. The van der Waals surface area contributed by atoms with Crippen LogP contribution in [0.2, 0.25) is 0 Å². The third kappa shape index (κ3) is 2.90. The Kier molecular flexibility index (Phi) is 4.05. The van der Waals surface area contributed by atoms with Crippen molar-refractivity contribution in [3.63, 3.8) is 0 Å². The van der Waals surface area contributed by atoms with Crippen molar-refractivity contribution in [1.29, 1.82) is 0 Å². The van der Waals surface area contributed by atoms with Crippen molar-refractivity contribution in [2.24, 2.45) is 0 Å². The van der Waals surface area contributed by atoms with E-state index < -0.39 is 10.7 Å². The smallest absolute Gasteiger partial charge is 0.171 e. The number of hydrogen-bond acceptors (Lipinski definition) is 3. The second-order valence-corrected chi connectivity index (χ2v) is 3.64. The lowest BCUT2D eigenvalue weighted by Gasteiger charge is -2.05. The molecule has 0 aromatic heterocycles. The molecule has 1 aromatic rings. The standard InChI is InChI=1S/C8H9ClO3S/c9-5-6-12-7-3-1-2-4-8(7)13(10)11/h1-4,13H,5-6H2. The van der Waals surface area contributed by atoms with Gasteiger partial charge in [-0.05, 0) is 12.1 Å². The normalized spacial score (nSPS) is 10.3. The van der Waals surface area contributed by atoms with Crippen molar-refractivity contribution in [3.05, 3.63) is 24.3 Å². The number of alkyl halides is 1. The molecule has 1 aromatic carbocycles. The number of hydrogen-bond donors (Lipinski definition) is 1. The van der Waals surface area contributed by atoms with E-state index in [1.54, 1.807) is 18.2 Å². The van der Waals surface area contributed by atoms with E-state index in [1.165, 1.54) is 6.07 Å². The molecule has 0 atom stereocenters. The lowest BCUT2D eigenvalue weighted by atomic mass is 10.3. The number of ether oxygens (including phenoxy) is 1. The number of thiol groups is 1. The highest BCUT2D eigenvalue weighted by molar-refractivity contribution is 7.72. The predicted octanol–water partition coefficient (Wildman–Crippen LogP) is 1.27. The molecule has 0 fully saturated rings. The highest BCUT2D eigenvalue weighted by Crippen LogP contribution is 2.18. The van der Waals surface area contributed by atoms with Crippen LogP contribution in [0.25, 0.3) is 0 Å². The van der Waals surface area contributed by atoms with Crippen molar-refractivity contribution in [2.45, 2.75) is 4.90 Å². The molecule has 0 aliphatic carbocycles. The van der Waals surface area contributed by atoms with Gasteiger partial charge in [0.25, 0.3) is 0 Å². The summed E-state index contributed by atoms with van der Waals surface area (Å²) in [5, 5.41) is 0. The van der Waals surface area contributed by atoms with Gasteiger partial charge in [0.15, 0.2) is 10.7 Å². The Morgan fingerprint density at radius 3 is 2.62 bits per heavy atom. The van der Waals surface area contributed by atoms with Gasteiger partial charge in [0, 0.05) is 0 Å². The third-order valence-electron chi connectivity index (χ3n) is 1.40. The molecule has 0 heterocycles. The molecule has 13 heavy (non-hydrogen) atoms. The van der Waals surface area contributed by atoms with Crippen LogP contribution in [0.4, 0.5) is 0 Å². The first-order chi connectivity index (χ1) is 6.25. The lowest BCUT2D eigenvalue weighted by Crippen LogP contribution is -2.00. The van der Waals surface area contributed by atoms with Crippen LogP contribution in [0.5, 0.6) is 5.75 Å². The Morgan fingerprint density at radius 1 is 1.31 bits per heavy atom. The molecular formula is C8H9ClO3S. The van der Waals surface area contributed by atoms with E-state index in [-0.39, 0.29) is 4.90 Å². The average molecular weight is 221 g/mol. The van der Waals surface area contributed by atoms with Gasteiger partial charge in [0.2, 0.25) is 0 Å². The molecule has 1 rings (SSSR count). The van der Waals surface area contributed by atoms with E-state index in [0.29, 0.717) is 18.2 Å². The van der Waals surface area contributed by atoms with Gasteiger partial charge in [-0.2, -0.15) is 0 Å². The summed E-state index contributed by atoms with van der Waals surface area (Å²) in [7, 11) is -2.60. The quantitative estimate of drug-likeness (QED) is 0.614. The molecule has 3 nitrogen and oxygen atoms in total. The van der Waals surface area contributed by atoms with E-state index in [2.05, 4.69) is 0 Å². The first-order valence-corrected chi connectivity index (χ1v) is 5.39. The van der Waals surface area contributed by atoms with E-state index in [0.717, 1.165) is 0 Å². The van der Waals surface area contributed by atoms with Crippen LogP contribution in [0.1, 0.15) is 0 Å². The van der Waals surface area contributed by atoms with Crippen LogP contribution in [0.3, 0.4) is 0 Å². The lowest BCUT2D eigenvalue weighted by molar-refractivity contribution is 0.334. The minimum atomic E-state index is -2.60. The zero-order valence-electron chi connectivity index (χ0n) is 6.77. The fourth-order valence-electron chi connectivity index (χ4n) is 0.879. The van der Waals surface area contributed by atoms with Crippen LogP contribution in [0, 0.1) is 0 Å². The Balaban J connectivity index is 2.91. The monoisotopic (exact) mass is 220 g/mol. The largest absolute Gasteiger partial charge is 0.491 e. The zero-order chi connectivity index (χ0) is 9.68. The summed E-state index contributed by atoms with van der Waals surface area (Å²) < 4.78 is 26.5. The second-order valence-electron chi connectivity index (χ2n) is 2.26. The van der Waals surface area contributed by atoms with E-state index in [4.69, 9.17) is 16.3 Å². The Hall–Kier alpha value is -0.740. The maximum atomic E-state index is 10.7. The van der Waals surface area contributed by atoms with Gasteiger partial charge in [-0.15, -0.1) is 11.6 Å². The van der Waals surface area contributed by atoms with Crippen LogP contribution >= 0.6 is 11.6 Å². The summed E-state index contributed by atoms with van der Waals surface area (Å²) in [6, 6.07) is 6.46. The molecule has 0 amide bonds. The SMILES string of the molecule is O=[SH](=O)c1ccccc1OCCCl. The first kappa shape index (κ1) is 10.3. The summed E-state index contributed by atoms with van der Waals surface area (Å²) in [6.07, 6.45) is 0. The Labute approximate surface area is 83.2 Å². The number of rotatable bonds is 4. The van der Waals surface area contributed by atoms with Crippen LogP contribution in [-0.4, -0.2) is 20.9 Å². The predicted molar refractivity (Wildman–Crippen MR) is 51.2 cm³/mol. The molecular weight excluding hydrogens is 212 g/mol. The van der Waals surface area contributed by atoms with E-state index in [1.807, 2.05) is 0 Å². The molecule has 0 saturated carbocycles. The summed E-state index contributed by atoms with van der Waals surface area (Å²) in [5.41, 5.74) is 0. The van der Waals surface area contributed by atoms with Gasteiger partial charge >= 0.3 is 0 Å². The van der Waals surface area contributed by atoms with Crippen molar-refractivity contribution in [3.8, 4) is 5.75 Å². The van der Waals surface area contributed by atoms with Gasteiger partial charge in [0.05, 0.1) is 5.88 Å². The van der Waals surface area contributed by atoms with Crippen molar-refractivity contribution in [1.82, 2.24) is 0 Å². The van der Waals surface area contributed by atoms with Crippen molar-refractivity contribution < 1.29 is 13.2 Å². The molecule has 0 N–H and O–H groups in total. The number of para-hydroxylation sites is 1. The van der Waals surface area contributed by atoms with Crippen LogP contribution in [0.15, 0.2) is 29.2 Å². The molecule has 0 radical (unpaired) electrons. The Morgan fingerprint density at radius 2 is 2.00 bits per heavy atom. The van der Waals surface area contributed by atoms with Crippen molar-refractivity contribution >= 4 is 22.3 Å². The molecule has 0 saturated heterocycles. The van der Waals surface area contributed by atoms with Gasteiger partial charge in [-0.1, -0.05) is 12.1 Å². The first-order valence-electron chi connectivity index (χ1n) is 3.68. The highest BCUT2D eigenvalue weighted by atomic mass is 35.5. The number of benzene rings is 1. The van der Waals surface area contributed by atoms with E-state index in [9.17, 15) is 8.42 Å². The van der Waals surface area contributed by atoms with E-state index >= 15 is 0 Å². The fourth-order valence-corrected chi connectivity index (χ4v) is 1.48. The summed E-state index contributed by atoms with van der Waals surface area (Å²) >= 11 is 5.41. The molecule has 0 aliphatic heterocycles. The highest BCUT2D eigenvalue weighted by Gasteiger charge is 2.03. The van der Waals surface area contributed by atoms with Crippen molar-refractivity contribution in [2.75, 3.05) is 12.5 Å². The maximum Gasteiger partial charge on any atom is 0.171 e.